The second-order valence-electron chi connectivity index (χ2n) is 4.29. The summed E-state index contributed by atoms with van der Waals surface area (Å²) < 4.78 is 7.01. The van der Waals surface area contributed by atoms with E-state index >= 15 is 0 Å². The highest BCUT2D eigenvalue weighted by Crippen LogP contribution is 2.43. The maximum Gasteiger partial charge on any atom is 0.271 e. The number of hydrogen-bond acceptors (Lipinski definition) is 4. The van der Waals surface area contributed by atoms with E-state index in [1.807, 2.05) is 6.92 Å². The van der Waals surface area contributed by atoms with Crippen LogP contribution in [0.4, 0.5) is 0 Å². The van der Waals surface area contributed by atoms with E-state index in [1.165, 1.54) is 0 Å². The number of primary amides is 1. The van der Waals surface area contributed by atoms with Crippen molar-refractivity contribution in [1.82, 2.24) is 15.0 Å². The number of hydrogen-bond donors (Lipinski definition) is 1. The lowest BCUT2D eigenvalue weighted by atomic mass is 10.2. The first-order valence-electron chi connectivity index (χ1n) is 5.34. The Morgan fingerprint density at radius 1 is 1.69 bits per heavy atom. The predicted molar refractivity (Wildman–Crippen MR) is 56.8 cm³/mol. The molecular weight excluding hydrogens is 208 g/mol. The molecule has 1 heterocycles. The monoisotopic (exact) mass is 224 g/mol. The van der Waals surface area contributed by atoms with Crippen molar-refractivity contribution in [3.05, 3.63) is 11.4 Å². The summed E-state index contributed by atoms with van der Waals surface area (Å²) in [6.45, 7) is 3.99. The van der Waals surface area contributed by atoms with Gasteiger partial charge in [-0.05, 0) is 19.3 Å². The second-order valence-corrected chi connectivity index (χ2v) is 4.29. The van der Waals surface area contributed by atoms with Crippen LogP contribution in [0.25, 0.3) is 0 Å². The van der Waals surface area contributed by atoms with Crippen LogP contribution in [0.15, 0.2) is 0 Å². The van der Waals surface area contributed by atoms with Crippen molar-refractivity contribution in [2.45, 2.75) is 32.4 Å². The summed E-state index contributed by atoms with van der Waals surface area (Å²) in [7, 11) is 1.59. The SMILES string of the molecule is COC(C)c1c(C(N)=O)nnn1C1CC1C. The number of carbonyl (C=O) groups is 1. The van der Waals surface area contributed by atoms with Gasteiger partial charge in [-0.2, -0.15) is 0 Å². The molecule has 1 aliphatic rings. The van der Waals surface area contributed by atoms with Gasteiger partial charge in [0.2, 0.25) is 0 Å². The van der Waals surface area contributed by atoms with Gasteiger partial charge in [0.15, 0.2) is 5.69 Å². The van der Waals surface area contributed by atoms with E-state index in [0.29, 0.717) is 17.7 Å². The number of carbonyl (C=O) groups excluding carboxylic acids is 1. The van der Waals surface area contributed by atoms with Crippen LogP contribution in [-0.4, -0.2) is 28.0 Å². The largest absolute Gasteiger partial charge is 0.375 e. The van der Waals surface area contributed by atoms with Crippen molar-refractivity contribution in [2.24, 2.45) is 11.7 Å². The molecule has 1 fully saturated rings. The first-order chi connectivity index (χ1) is 7.56. The number of nitrogens with zero attached hydrogens (tertiary/aromatic N) is 3. The van der Waals surface area contributed by atoms with Crippen molar-refractivity contribution in [3.8, 4) is 0 Å². The molecule has 1 aliphatic carbocycles. The van der Waals surface area contributed by atoms with Crippen LogP contribution in [0.1, 0.15) is 48.6 Å². The number of methoxy groups -OCH3 is 1. The normalized spacial score (nSPS) is 25.4. The van der Waals surface area contributed by atoms with Crippen LogP contribution in [0.2, 0.25) is 0 Å². The second kappa shape index (κ2) is 3.86. The van der Waals surface area contributed by atoms with E-state index in [9.17, 15) is 4.79 Å². The fourth-order valence-electron chi connectivity index (χ4n) is 1.85. The maximum atomic E-state index is 11.2. The fourth-order valence-corrected chi connectivity index (χ4v) is 1.85. The smallest absolute Gasteiger partial charge is 0.271 e. The van der Waals surface area contributed by atoms with Gasteiger partial charge in [-0.25, -0.2) is 4.68 Å². The third kappa shape index (κ3) is 1.69. The van der Waals surface area contributed by atoms with Crippen molar-refractivity contribution in [2.75, 3.05) is 7.11 Å². The molecule has 16 heavy (non-hydrogen) atoms. The summed E-state index contributed by atoms with van der Waals surface area (Å²) >= 11 is 0. The van der Waals surface area contributed by atoms with Gasteiger partial charge < -0.3 is 10.5 Å². The Bertz CT molecular complexity index is 415. The predicted octanol–water partition coefficient (Wildman–Crippen LogP) is 0.665. The average molecular weight is 224 g/mol. The molecule has 1 aromatic heterocycles. The minimum Gasteiger partial charge on any atom is -0.375 e. The number of amides is 1. The highest BCUT2D eigenvalue weighted by molar-refractivity contribution is 5.91. The summed E-state index contributed by atoms with van der Waals surface area (Å²) in [5.41, 5.74) is 6.17. The Labute approximate surface area is 93.8 Å². The molecule has 0 aliphatic heterocycles. The molecule has 2 rings (SSSR count). The molecule has 2 N–H and O–H groups in total. The Balaban J connectivity index is 2.41. The van der Waals surface area contributed by atoms with Gasteiger partial charge in [0, 0.05) is 7.11 Å². The lowest BCUT2D eigenvalue weighted by Crippen LogP contribution is -2.17. The van der Waals surface area contributed by atoms with Crippen LogP contribution in [0.5, 0.6) is 0 Å². The third-order valence-electron chi connectivity index (χ3n) is 3.08. The summed E-state index contributed by atoms with van der Waals surface area (Å²) in [5, 5.41) is 7.84. The fraction of sp³-hybridized carbons (Fsp3) is 0.700. The van der Waals surface area contributed by atoms with Crippen LogP contribution < -0.4 is 5.73 Å². The summed E-state index contributed by atoms with van der Waals surface area (Å²) in [6.07, 6.45) is 0.829. The lowest BCUT2D eigenvalue weighted by molar-refractivity contribution is 0.0960. The number of aromatic nitrogens is 3. The Kier molecular flexibility index (Phi) is 2.67. The molecule has 3 atom stereocenters. The van der Waals surface area contributed by atoms with Gasteiger partial charge in [0.05, 0.1) is 12.1 Å². The van der Waals surface area contributed by atoms with Crippen LogP contribution in [0, 0.1) is 5.92 Å². The third-order valence-corrected chi connectivity index (χ3v) is 3.08. The zero-order chi connectivity index (χ0) is 11.9. The molecule has 3 unspecified atom stereocenters. The van der Waals surface area contributed by atoms with Gasteiger partial charge in [-0.15, -0.1) is 5.10 Å². The minimum absolute atomic E-state index is 0.216. The van der Waals surface area contributed by atoms with Crippen LogP contribution in [0.3, 0.4) is 0 Å². The van der Waals surface area contributed by atoms with Crippen molar-refractivity contribution < 1.29 is 9.53 Å². The molecule has 6 heteroatoms. The van der Waals surface area contributed by atoms with Crippen molar-refractivity contribution in [3.63, 3.8) is 0 Å². The summed E-state index contributed by atoms with van der Waals surface area (Å²) in [5.74, 6) is 0.0173. The van der Waals surface area contributed by atoms with E-state index in [1.54, 1.807) is 11.8 Å². The molecule has 1 amide bonds. The highest BCUT2D eigenvalue weighted by Gasteiger charge is 2.39. The number of nitrogens with two attached hydrogens (primary N) is 1. The van der Waals surface area contributed by atoms with E-state index in [2.05, 4.69) is 17.2 Å². The quantitative estimate of drug-likeness (QED) is 0.814. The van der Waals surface area contributed by atoms with E-state index in [0.717, 1.165) is 6.42 Å². The summed E-state index contributed by atoms with van der Waals surface area (Å²) in [6, 6.07) is 0.327. The molecule has 1 aromatic rings. The first-order valence-corrected chi connectivity index (χ1v) is 5.34. The first kappa shape index (κ1) is 11.1. The highest BCUT2D eigenvalue weighted by atomic mass is 16.5. The van der Waals surface area contributed by atoms with Crippen LogP contribution in [-0.2, 0) is 4.74 Å². The van der Waals surface area contributed by atoms with Crippen LogP contribution >= 0.6 is 0 Å². The molecule has 6 nitrogen and oxygen atoms in total. The Morgan fingerprint density at radius 2 is 2.31 bits per heavy atom. The van der Waals surface area contributed by atoms with Crippen molar-refractivity contribution >= 4 is 5.91 Å². The van der Waals surface area contributed by atoms with Gasteiger partial charge in [-0.1, -0.05) is 12.1 Å². The van der Waals surface area contributed by atoms with E-state index < -0.39 is 5.91 Å². The average Bonchev–Trinajstić information content (AvgIpc) is 2.81. The minimum atomic E-state index is -0.557. The van der Waals surface area contributed by atoms with Gasteiger partial charge in [0.25, 0.3) is 5.91 Å². The van der Waals surface area contributed by atoms with Gasteiger partial charge in [0.1, 0.15) is 5.69 Å². The zero-order valence-corrected chi connectivity index (χ0v) is 9.67. The number of ether oxygens (including phenoxy) is 1. The van der Waals surface area contributed by atoms with E-state index in [-0.39, 0.29) is 11.8 Å². The molecule has 88 valence electrons. The zero-order valence-electron chi connectivity index (χ0n) is 9.67. The summed E-state index contributed by atoms with van der Waals surface area (Å²) in [4.78, 5) is 11.2. The molecule has 0 saturated heterocycles. The number of rotatable bonds is 4. The topological polar surface area (TPSA) is 83.0 Å². The van der Waals surface area contributed by atoms with Gasteiger partial charge >= 0.3 is 0 Å². The Morgan fingerprint density at radius 3 is 2.75 bits per heavy atom. The molecular formula is C10H16N4O2. The van der Waals surface area contributed by atoms with Crippen molar-refractivity contribution in [1.29, 1.82) is 0 Å². The molecule has 0 spiro atoms. The molecule has 1 saturated carbocycles. The maximum absolute atomic E-state index is 11.2. The lowest BCUT2D eigenvalue weighted by Gasteiger charge is -2.12. The van der Waals surface area contributed by atoms with Gasteiger partial charge in [-0.3, -0.25) is 4.79 Å². The molecule has 0 aromatic carbocycles. The Hall–Kier alpha value is -1.43. The standard InChI is InChI=1S/C10H16N4O2/c1-5-4-7(5)14-9(6(2)16-3)8(10(11)15)12-13-14/h5-7H,4H2,1-3H3,(H2,11,15). The molecule has 0 bridgehead atoms. The van der Waals surface area contributed by atoms with E-state index in [4.69, 9.17) is 10.5 Å². The molecule has 0 radical (unpaired) electrons.